The van der Waals surface area contributed by atoms with Crippen molar-refractivity contribution in [1.82, 2.24) is 14.6 Å². The third kappa shape index (κ3) is 1.67. The van der Waals surface area contributed by atoms with Gasteiger partial charge in [-0.2, -0.15) is 5.10 Å². The molecule has 3 nitrogen and oxygen atoms in total. The van der Waals surface area contributed by atoms with Gasteiger partial charge < -0.3 is 0 Å². The maximum atomic E-state index is 13.3. The van der Waals surface area contributed by atoms with Crippen LogP contribution in [0.25, 0.3) is 16.9 Å². The van der Waals surface area contributed by atoms with E-state index in [0.717, 1.165) is 11.3 Å². The molecular formula is C13H10FN3. The van der Waals surface area contributed by atoms with Crippen LogP contribution in [0.5, 0.6) is 0 Å². The van der Waals surface area contributed by atoms with Gasteiger partial charge in [-0.25, -0.2) is 13.9 Å². The molecule has 0 N–H and O–H groups in total. The van der Waals surface area contributed by atoms with Crippen molar-refractivity contribution in [3.05, 3.63) is 54.1 Å². The van der Waals surface area contributed by atoms with Gasteiger partial charge in [-0.3, -0.25) is 0 Å². The third-order valence-electron chi connectivity index (χ3n) is 2.65. The van der Waals surface area contributed by atoms with Gasteiger partial charge >= 0.3 is 0 Å². The zero-order valence-electron chi connectivity index (χ0n) is 9.26. The number of hydrogen-bond donors (Lipinski definition) is 0. The first-order valence-corrected chi connectivity index (χ1v) is 5.32. The second-order valence-electron chi connectivity index (χ2n) is 3.87. The Hall–Kier alpha value is -2.23. The molecule has 1 aromatic carbocycles. The summed E-state index contributed by atoms with van der Waals surface area (Å²) in [7, 11) is 0. The summed E-state index contributed by atoms with van der Waals surface area (Å²) in [4.78, 5) is 4.15. The number of hydrogen-bond acceptors (Lipinski definition) is 2. The van der Waals surface area contributed by atoms with E-state index in [4.69, 9.17) is 0 Å². The lowest BCUT2D eigenvalue weighted by molar-refractivity contribution is 0.595. The molecule has 0 spiro atoms. The predicted octanol–water partition coefficient (Wildman–Crippen LogP) is 2.84. The molecule has 0 amide bonds. The van der Waals surface area contributed by atoms with E-state index >= 15 is 0 Å². The smallest absolute Gasteiger partial charge is 0.162 e. The Bertz CT molecular complexity index is 635. The van der Waals surface area contributed by atoms with Crippen LogP contribution in [0.4, 0.5) is 4.39 Å². The van der Waals surface area contributed by atoms with Crippen LogP contribution in [-0.2, 0) is 0 Å². The van der Waals surface area contributed by atoms with Crippen LogP contribution in [0.1, 0.15) is 5.69 Å². The third-order valence-corrected chi connectivity index (χ3v) is 2.65. The number of aromatic nitrogens is 3. The zero-order valence-corrected chi connectivity index (χ0v) is 9.26. The molecule has 2 aromatic heterocycles. The minimum absolute atomic E-state index is 0.347. The standard InChI is InChI=1S/C13H10FN3/c1-9-11(14)8-17-13(15-9)7-12(16-17)10-5-3-2-4-6-10/h2-8H,1H3. The maximum Gasteiger partial charge on any atom is 0.162 e. The normalized spacial score (nSPS) is 10.9. The number of rotatable bonds is 1. The van der Waals surface area contributed by atoms with Crippen molar-refractivity contribution in [3.8, 4) is 11.3 Å². The van der Waals surface area contributed by atoms with Crippen molar-refractivity contribution in [2.45, 2.75) is 6.92 Å². The van der Waals surface area contributed by atoms with E-state index < -0.39 is 0 Å². The molecule has 4 heteroatoms. The van der Waals surface area contributed by atoms with Crippen molar-refractivity contribution >= 4 is 5.65 Å². The Balaban J connectivity index is 2.21. The first-order valence-electron chi connectivity index (χ1n) is 5.32. The largest absolute Gasteiger partial charge is 0.231 e. The summed E-state index contributed by atoms with van der Waals surface area (Å²) in [6.45, 7) is 1.64. The van der Waals surface area contributed by atoms with Gasteiger partial charge in [0.25, 0.3) is 0 Å². The lowest BCUT2D eigenvalue weighted by atomic mass is 10.2. The Morgan fingerprint density at radius 3 is 2.71 bits per heavy atom. The van der Waals surface area contributed by atoms with Crippen molar-refractivity contribution < 1.29 is 4.39 Å². The number of fused-ring (bicyclic) bond motifs is 1. The highest BCUT2D eigenvalue weighted by Gasteiger charge is 2.07. The van der Waals surface area contributed by atoms with Gasteiger partial charge in [0.05, 0.1) is 17.6 Å². The van der Waals surface area contributed by atoms with E-state index in [1.54, 1.807) is 6.92 Å². The van der Waals surface area contributed by atoms with E-state index in [2.05, 4.69) is 10.1 Å². The molecular weight excluding hydrogens is 217 g/mol. The lowest BCUT2D eigenvalue weighted by Crippen LogP contribution is -1.95. The van der Waals surface area contributed by atoms with Crippen LogP contribution in [-0.4, -0.2) is 14.6 Å². The maximum absolute atomic E-state index is 13.3. The van der Waals surface area contributed by atoms with Gasteiger partial charge in [-0.05, 0) is 6.92 Å². The molecule has 0 aliphatic rings. The van der Waals surface area contributed by atoms with Crippen LogP contribution in [0, 0.1) is 12.7 Å². The van der Waals surface area contributed by atoms with E-state index in [1.807, 2.05) is 36.4 Å². The second kappa shape index (κ2) is 3.66. The molecule has 2 heterocycles. The molecule has 0 saturated heterocycles. The minimum atomic E-state index is -0.347. The quantitative estimate of drug-likeness (QED) is 0.640. The van der Waals surface area contributed by atoms with Gasteiger partial charge in [0.15, 0.2) is 11.5 Å². The number of benzene rings is 1. The Morgan fingerprint density at radius 2 is 1.94 bits per heavy atom. The van der Waals surface area contributed by atoms with Crippen molar-refractivity contribution in [1.29, 1.82) is 0 Å². The first-order chi connectivity index (χ1) is 8.24. The Morgan fingerprint density at radius 1 is 1.18 bits per heavy atom. The predicted molar refractivity (Wildman–Crippen MR) is 63.1 cm³/mol. The monoisotopic (exact) mass is 227 g/mol. The summed E-state index contributed by atoms with van der Waals surface area (Å²) in [5.74, 6) is -0.347. The molecule has 0 saturated carbocycles. The highest BCUT2D eigenvalue weighted by atomic mass is 19.1. The molecule has 0 bridgehead atoms. The highest BCUT2D eigenvalue weighted by molar-refractivity contribution is 5.63. The average Bonchev–Trinajstić information content (AvgIpc) is 2.74. The molecule has 0 unspecified atom stereocenters. The summed E-state index contributed by atoms with van der Waals surface area (Å²) in [6.07, 6.45) is 1.35. The van der Waals surface area contributed by atoms with Crippen LogP contribution >= 0.6 is 0 Å². The Labute approximate surface area is 97.5 Å². The van der Waals surface area contributed by atoms with Crippen molar-refractivity contribution in [2.75, 3.05) is 0 Å². The summed E-state index contributed by atoms with van der Waals surface area (Å²) >= 11 is 0. The molecule has 84 valence electrons. The SMILES string of the molecule is Cc1nc2cc(-c3ccccc3)nn2cc1F. The molecule has 0 radical (unpaired) electrons. The molecule has 0 aliphatic carbocycles. The van der Waals surface area contributed by atoms with Gasteiger partial charge in [-0.15, -0.1) is 0 Å². The molecule has 17 heavy (non-hydrogen) atoms. The lowest BCUT2D eigenvalue weighted by Gasteiger charge is -1.95. The summed E-state index contributed by atoms with van der Waals surface area (Å²) in [5, 5.41) is 4.30. The highest BCUT2D eigenvalue weighted by Crippen LogP contribution is 2.18. The fraction of sp³-hybridized carbons (Fsp3) is 0.0769. The van der Waals surface area contributed by atoms with Gasteiger partial charge in [0.2, 0.25) is 0 Å². The topological polar surface area (TPSA) is 30.2 Å². The van der Waals surface area contributed by atoms with Gasteiger partial charge in [-0.1, -0.05) is 30.3 Å². The molecule has 3 rings (SSSR count). The van der Waals surface area contributed by atoms with E-state index in [1.165, 1.54) is 10.7 Å². The fourth-order valence-electron chi connectivity index (χ4n) is 1.74. The fourth-order valence-corrected chi connectivity index (χ4v) is 1.74. The molecule has 3 aromatic rings. The van der Waals surface area contributed by atoms with Crippen LogP contribution in [0.2, 0.25) is 0 Å². The van der Waals surface area contributed by atoms with E-state index in [-0.39, 0.29) is 5.82 Å². The summed E-state index contributed by atoms with van der Waals surface area (Å²) < 4.78 is 14.8. The van der Waals surface area contributed by atoms with E-state index in [0.29, 0.717) is 11.3 Å². The summed E-state index contributed by atoms with van der Waals surface area (Å²) in [5.41, 5.74) is 2.83. The van der Waals surface area contributed by atoms with Crippen LogP contribution in [0.15, 0.2) is 42.6 Å². The molecule has 0 aliphatic heterocycles. The summed E-state index contributed by atoms with van der Waals surface area (Å²) in [6, 6.07) is 11.6. The second-order valence-corrected chi connectivity index (χ2v) is 3.87. The van der Waals surface area contributed by atoms with Gasteiger partial charge in [0.1, 0.15) is 0 Å². The minimum Gasteiger partial charge on any atom is -0.231 e. The van der Waals surface area contributed by atoms with E-state index in [9.17, 15) is 4.39 Å². The Kier molecular flexibility index (Phi) is 2.14. The number of aryl methyl sites for hydroxylation is 1. The molecule has 0 atom stereocenters. The van der Waals surface area contributed by atoms with Gasteiger partial charge in [0, 0.05) is 11.6 Å². The number of nitrogens with zero attached hydrogens (tertiary/aromatic N) is 3. The van der Waals surface area contributed by atoms with Crippen LogP contribution < -0.4 is 0 Å². The average molecular weight is 227 g/mol. The number of halogens is 1. The van der Waals surface area contributed by atoms with Crippen molar-refractivity contribution in [2.24, 2.45) is 0 Å². The molecule has 0 fully saturated rings. The first kappa shape index (κ1) is 9.96. The van der Waals surface area contributed by atoms with Crippen molar-refractivity contribution in [3.63, 3.8) is 0 Å². The zero-order chi connectivity index (χ0) is 11.8. The van der Waals surface area contributed by atoms with Crippen LogP contribution in [0.3, 0.4) is 0 Å².